The van der Waals surface area contributed by atoms with Crippen molar-refractivity contribution >= 4 is 7.92 Å². The highest BCUT2D eigenvalue weighted by atomic mass is 31.1. The molecule has 0 radical (unpaired) electrons. The Balaban J connectivity index is 2.22. The summed E-state index contributed by atoms with van der Waals surface area (Å²) in [5.74, 6) is 0. The summed E-state index contributed by atoms with van der Waals surface area (Å²) in [7, 11) is 7.16. The molecule has 2 aliphatic carbocycles. The van der Waals surface area contributed by atoms with Crippen molar-refractivity contribution in [3.63, 3.8) is 0 Å². The molecule has 0 N–H and O–H groups in total. The normalized spacial score (nSPS) is 18.8. The maximum atomic E-state index is 2.98. The van der Waals surface area contributed by atoms with Gasteiger partial charge >= 0.3 is 0 Å². The molecular weight excluding hydrogens is 455 g/mol. The third-order valence-corrected chi connectivity index (χ3v) is 12.1. The molecule has 0 saturated heterocycles. The van der Waals surface area contributed by atoms with Crippen molar-refractivity contribution < 1.29 is 4.48 Å². The summed E-state index contributed by atoms with van der Waals surface area (Å²) >= 11 is 0. The van der Waals surface area contributed by atoms with E-state index in [0.29, 0.717) is 0 Å². The van der Waals surface area contributed by atoms with Gasteiger partial charge in [0.15, 0.2) is 0 Å². The zero-order valence-electron chi connectivity index (χ0n) is 25.5. The van der Waals surface area contributed by atoms with Gasteiger partial charge in [-0.2, -0.15) is 0 Å². The van der Waals surface area contributed by atoms with E-state index in [1.807, 2.05) is 5.44 Å². The van der Waals surface area contributed by atoms with Crippen molar-refractivity contribution in [2.45, 2.75) is 166 Å². The molecular formula is C33H66N2P+. The molecule has 2 rings (SSSR count). The molecule has 0 amide bonds. The van der Waals surface area contributed by atoms with Crippen LogP contribution in [-0.2, 0) is 0 Å². The van der Waals surface area contributed by atoms with Crippen LogP contribution >= 0.6 is 7.92 Å². The predicted molar refractivity (Wildman–Crippen MR) is 165 cm³/mol. The molecule has 2 aliphatic rings. The van der Waals surface area contributed by atoms with Crippen LogP contribution in [0.1, 0.15) is 155 Å². The highest BCUT2D eigenvalue weighted by molar-refractivity contribution is 7.63. The number of hydrogen-bond acceptors (Lipinski definition) is 1. The Morgan fingerprint density at radius 2 is 1.00 bits per heavy atom. The predicted octanol–water partition coefficient (Wildman–Crippen LogP) is 10.7. The molecule has 0 atom stereocenters. The number of nitrogens with zero attached hydrogens (tertiary/aromatic N) is 2. The van der Waals surface area contributed by atoms with Crippen LogP contribution in [-0.4, -0.2) is 54.9 Å². The smallest absolute Gasteiger partial charge is 0.119 e. The maximum Gasteiger partial charge on any atom is 0.119 e. The molecule has 3 heteroatoms. The average Bonchev–Trinajstić information content (AvgIpc) is 2.87. The Labute approximate surface area is 229 Å². The molecule has 0 bridgehead atoms. The summed E-state index contributed by atoms with van der Waals surface area (Å²) in [6, 6.07) is 0. The van der Waals surface area contributed by atoms with E-state index in [4.69, 9.17) is 0 Å². The lowest BCUT2D eigenvalue weighted by Gasteiger charge is -2.44. The second-order valence-corrected chi connectivity index (χ2v) is 15.9. The van der Waals surface area contributed by atoms with Crippen LogP contribution in [0, 0.1) is 0 Å². The summed E-state index contributed by atoms with van der Waals surface area (Å²) in [5, 5.41) is 0. The van der Waals surface area contributed by atoms with Gasteiger partial charge in [0.25, 0.3) is 0 Å². The first kappa shape index (κ1) is 32.1. The van der Waals surface area contributed by atoms with Gasteiger partial charge in [0.05, 0.1) is 26.6 Å². The molecule has 0 aromatic carbocycles. The first-order chi connectivity index (χ1) is 17.5. The van der Waals surface area contributed by atoms with Gasteiger partial charge in [-0.05, 0) is 57.8 Å². The van der Waals surface area contributed by atoms with Crippen molar-refractivity contribution in [3.8, 4) is 0 Å². The highest BCUT2D eigenvalue weighted by Crippen LogP contribution is 2.62. The molecule has 0 aromatic rings. The van der Waals surface area contributed by atoms with Crippen LogP contribution in [0.25, 0.3) is 0 Å². The summed E-state index contributed by atoms with van der Waals surface area (Å²) in [4.78, 5) is 2.98. The van der Waals surface area contributed by atoms with Crippen molar-refractivity contribution in [2.75, 3.05) is 34.2 Å². The van der Waals surface area contributed by atoms with Crippen LogP contribution in [0.5, 0.6) is 0 Å². The fourth-order valence-electron chi connectivity index (χ4n) is 6.56. The first-order valence-electron chi connectivity index (χ1n) is 16.5. The van der Waals surface area contributed by atoms with Crippen molar-refractivity contribution in [1.29, 1.82) is 0 Å². The molecule has 2 saturated carbocycles. The number of quaternary nitrogens is 1. The summed E-state index contributed by atoms with van der Waals surface area (Å²) in [6.07, 6.45) is 34.7. The molecule has 0 aliphatic heterocycles. The monoisotopic (exact) mass is 521 g/mol. The molecule has 0 aromatic heterocycles. The summed E-state index contributed by atoms with van der Waals surface area (Å²) in [6.45, 7) is 7.29. The zero-order chi connectivity index (χ0) is 26.1. The quantitative estimate of drug-likeness (QED) is 0.0928. The van der Waals surface area contributed by atoms with Crippen molar-refractivity contribution in [3.05, 3.63) is 11.6 Å². The average molecular weight is 522 g/mol. The van der Waals surface area contributed by atoms with Gasteiger partial charge in [-0.1, -0.05) is 117 Å². The lowest BCUT2D eigenvalue weighted by atomic mass is 9.99. The van der Waals surface area contributed by atoms with Gasteiger partial charge in [-0.15, -0.1) is 0 Å². The van der Waals surface area contributed by atoms with Crippen LogP contribution in [0.3, 0.4) is 0 Å². The van der Waals surface area contributed by atoms with E-state index >= 15 is 0 Å². The minimum absolute atomic E-state index is 0.0531. The Bertz CT molecular complexity index is 521. The topological polar surface area (TPSA) is 3.24 Å². The second kappa shape index (κ2) is 19.1. The number of rotatable bonds is 19. The van der Waals surface area contributed by atoms with E-state index < -0.39 is 0 Å². The molecule has 2 fully saturated rings. The van der Waals surface area contributed by atoms with Gasteiger partial charge in [0.1, 0.15) is 6.20 Å². The Morgan fingerprint density at radius 3 is 1.39 bits per heavy atom. The number of unbranched alkanes of at least 4 members (excludes halogenated alkanes) is 10. The Kier molecular flexibility index (Phi) is 17.0. The lowest BCUT2D eigenvalue weighted by Crippen LogP contribution is -2.35. The van der Waals surface area contributed by atoms with E-state index in [0.717, 1.165) is 15.8 Å². The van der Waals surface area contributed by atoms with Gasteiger partial charge in [-0.3, -0.25) is 0 Å². The lowest BCUT2D eigenvalue weighted by molar-refractivity contribution is -0.817. The molecule has 0 spiro atoms. The largest absolute Gasteiger partial charge is 0.367 e. The molecule has 0 unspecified atom stereocenters. The van der Waals surface area contributed by atoms with E-state index in [2.05, 4.69) is 46.1 Å². The van der Waals surface area contributed by atoms with E-state index in [1.54, 1.807) is 0 Å². The van der Waals surface area contributed by atoms with Crippen LogP contribution in [0.15, 0.2) is 11.6 Å². The van der Waals surface area contributed by atoms with Crippen molar-refractivity contribution in [2.24, 2.45) is 0 Å². The molecule has 0 heterocycles. The third-order valence-electron chi connectivity index (χ3n) is 8.59. The van der Waals surface area contributed by atoms with Gasteiger partial charge in [-0.25, -0.2) is 0 Å². The second-order valence-electron chi connectivity index (χ2n) is 13.1. The number of hydrogen-bond donors (Lipinski definition) is 0. The molecule has 212 valence electrons. The molecule has 36 heavy (non-hydrogen) atoms. The van der Waals surface area contributed by atoms with E-state index in [-0.39, 0.29) is 7.92 Å². The van der Waals surface area contributed by atoms with Crippen LogP contribution in [0.2, 0.25) is 0 Å². The van der Waals surface area contributed by atoms with Crippen LogP contribution in [0.4, 0.5) is 0 Å². The van der Waals surface area contributed by atoms with E-state index in [9.17, 15) is 0 Å². The SMILES string of the molecule is CCCCCCCCN(CCCCCCCC)C(=C[N+](C)(C)C)P(C1CCCCC1)C1CCCCC1. The summed E-state index contributed by atoms with van der Waals surface area (Å²) in [5.41, 5.74) is 3.83. The van der Waals surface area contributed by atoms with Gasteiger partial charge in [0.2, 0.25) is 0 Å². The third kappa shape index (κ3) is 13.1. The Hall–Kier alpha value is -0.0700. The van der Waals surface area contributed by atoms with Crippen molar-refractivity contribution in [1.82, 2.24) is 4.90 Å². The maximum absolute atomic E-state index is 2.98. The minimum Gasteiger partial charge on any atom is -0.367 e. The zero-order valence-corrected chi connectivity index (χ0v) is 26.4. The highest BCUT2D eigenvalue weighted by Gasteiger charge is 2.37. The Morgan fingerprint density at radius 1 is 0.611 bits per heavy atom. The van der Waals surface area contributed by atoms with Crippen LogP contribution < -0.4 is 0 Å². The fraction of sp³-hybridized carbons (Fsp3) is 0.939. The summed E-state index contributed by atoms with van der Waals surface area (Å²) < 4.78 is 0.983. The van der Waals surface area contributed by atoms with E-state index in [1.165, 1.54) is 154 Å². The minimum atomic E-state index is -0.0531. The molecule has 2 nitrogen and oxygen atoms in total. The fourth-order valence-corrected chi connectivity index (χ4v) is 10.7. The first-order valence-corrected chi connectivity index (χ1v) is 18.0. The standard InChI is InChI=1S/C33H66N2P/c1-6-8-10-12-14-22-28-34(29-23-15-13-11-9-7-2)33(30-35(3,4)5)36(31-24-18-16-19-25-31)32-26-20-17-21-27-32/h30-32H,6-29H2,1-5H3/q+1. The van der Waals surface area contributed by atoms with Gasteiger partial charge in [0, 0.05) is 13.1 Å². The van der Waals surface area contributed by atoms with Gasteiger partial charge < -0.3 is 9.38 Å².